The number of anilines is 1. The lowest BCUT2D eigenvalue weighted by molar-refractivity contribution is 0.304. The maximum absolute atomic E-state index is 13.4. The Hall–Kier alpha value is -3.39. The van der Waals surface area contributed by atoms with Crippen LogP contribution in [0.1, 0.15) is 18.4 Å². The summed E-state index contributed by atoms with van der Waals surface area (Å²) in [5.41, 5.74) is 1.29. The molecule has 3 aromatic rings. The number of piperazine rings is 1. The zero-order valence-corrected chi connectivity index (χ0v) is 21.2. The van der Waals surface area contributed by atoms with E-state index in [9.17, 15) is 13.2 Å². The molecule has 0 N–H and O–H groups in total. The Morgan fingerprint density at radius 2 is 1.86 bits per heavy atom. The molecular formula is C25H26ClN5O4S. The van der Waals surface area contributed by atoms with Crippen LogP contribution in [-0.4, -0.2) is 60.3 Å². The highest BCUT2D eigenvalue weighted by Gasteiger charge is 2.29. The summed E-state index contributed by atoms with van der Waals surface area (Å²) in [5, 5.41) is 4.82. The number of hydrogen-bond donors (Lipinski definition) is 0. The van der Waals surface area contributed by atoms with E-state index in [0.717, 1.165) is 0 Å². The Kier molecular flexibility index (Phi) is 8.25. The highest BCUT2D eigenvalue weighted by Crippen LogP contribution is 2.27. The van der Waals surface area contributed by atoms with Gasteiger partial charge in [0, 0.05) is 50.0 Å². The predicted octanol–water partition coefficient (Wildman–Crippen LogP) is 2.73. The average molecular weight is 528 g/mol. The molecule has 0 atom stereocenters. The maximum Gasteiger partial charge on any atom is 0.316 e. The number of pyridine rings is 1. The summed E-state index contributed by atoms with van der Waals surface area (Å²) in [7, 11) is -3.49. The van der Waals surface area contributed by atoms with Gasteiger partial charge in [0.05, 0.1) is 24.2 Å². The Morgan fingerprint density at radius 1 is 1.11 bits per heavy atom. The number of unbranched alkanes of at least 4 members (excludes halogenated alkanes) is 1. The Balaban J connectivity index is 1.55. The second-order valence-corrected chi connectivity index (χ2v) is 10.6. The van der Waals surface area contributed by atoms with Crippen LogP contribution in [0.3, 0.4) is 0 Å². The van der Waals surface area contributed by atoms with E-state index in [2.05, 4.69) is 16.0 Å². The Bertz CT molecular complexity index is 1400. The third kappa shape index (κ3) is 6.05. The van der Waals surface area contributed by atoms with E-state index in [0.29, 0.717) is 47.9 Å². The number of ether oxygens (including phenoxy) is 1. The molecule has 1 saturated heterocycles. The topological polar surface area (TPSA) is 97.6 Å². The molecule has 0 amide bonds. The smallest absolute Gasteiger partial charge is 0.316 e. The summed E-state index contributed by atoms with van der Waals surface area (Å²) in [4.78, 5) is 19.2. The third-order valence-corrected chi connectivity index (χ3v) is 7.84. The van der Waals surface area contributed by atoms with Crippen LogP contribution in [0.25, 0.3) is 5.69 Å². The summed E-state index contributed by atoms with van der Waals surface area (Å²) in [6.07, 6.45) is 11.2. The van der Waals surface area contributed by atoms with E-state index in [1.807, 2.05) is 4.90 Å². The molecule has 0 bridgehead atoms. The molecule has 3 heterocycles. The molecule has 2 aromatic heterocycles. The highest BCUT2D eigenvalue weighted by molar-refractivity contribution is 7.88. The van der Waals surface area contributed by atoms with Crippen LogP contribution in [0.2, 0.25) is 5.02 Å². The van der Waals surface area contributed by atoms with Crippen LogP contribution >= 0.6 is 11.6 Å². The summed E-state index contributed by atoms with van der Waals surface area (Å²) >= 11 is 6.10. The molecule has 0 radical (unpaired) electrons. The molecule has 4 rings (SSSR count). The molecule has 0 spiro atoms. The number of sulfonamides is 1. The number of terminal acetylenes is 1. The maximum atomic E-state index is 13.4. The van der Waals surface area contributed by atoms with Gasteiger partial charge < -0.3 is 9.64 Å². The van der Waals surface area contributed by atoms with Gasteiger partial charge in [-0.15, -0.1) is 12.3 Å². The van der Waals surface area contributed by atoms with Gasteiger partial charge >= 0.3 is 5.56 Å². The number of hydrogen-bond acceptors (Lipinski definition) is 7. The van der Waals surface area contributed by atoms with Gasteiger partial charge in [0.2, 0.25) is 15.8 Å². The number of rotatable bonds is 9. The van der Waals surface area contributed by atoms with Crippen molar-refractivity contribution in [3.63, 3.8) is 0 Å². The Labute approximate surface area is 215 Å². The molecule has 36 heavy (non-hydrogen) atoms. The molecule has 0 saturated carbocycles. The van der Waals surface area contributed by atoms with E-state index in [-0.39, 0.29) is 31.2 Å². The zero-order chi connectivity index (χ0) is 25.5. The molecule has 0 aliphatic carbocycles. The zero-order valence-electron chi connectivity index (χ0n) is 19.6. The molecule has 1 aromatic carbocycles. The molecule has 0 unspecified atom stereocenters. The van der Waals surface area contributed by atoms with E-state index >= 15 is 0 Å². The minimum Gasteiger partial charge on any atom is -0.486 e. The number of aromatic nitrogens is 3. The fourth-order valence-electron chi connectivity index (χ4n) is 3.92. The van der Waals surface area contributed by atoms with Gasteiger partial charge in [-0.3, -0.25) is 9.78 Å². The van der Waals surface area contributed by atoms with Crippen molar-refractivity contribution in [2.45, 2.75) is 18.6 Å². The molecule has 9 nitrogen and oxygen atoms in total. The van der Waals surface area contributed by atoms with Gasteiger partial charge in [-0.1, -0.05) is 17.7 Å². The second-order valence-electron chi connectivity index (χ2n) is 8.21. The standard InChI is InChI=1S/C25H26ClN5O4S/c1-2-3-4-16-35-24-23(18-28-31(25(24)32)22-7-5-6-21(26)17-22)29-12-14-30(15-13-29)36(33,34)19-20-8-10-27-11-9-20/h1,5-11,17-18H,3-4,12-16,19H2. The molecule has 1 aliphatic heterocycles. The van der Waals surface area contributed by atoms with E-state index in [1.54, 1.807) is 55.0 Å². The van der Waals surface area contributed by atoms with Crippen LogP contribution in [0.5, 0.6) is 5.75 Å². The SMILES string of the molecule is C#CCCCOc1c(N2CCN(S(=O)(=O)Cc3ccncc3)CC2)cnn(-c2cccc(Cl)c2)c1=O. The van der Waals surface area contributed by atoms with Gasteiger partial charge in [-0.05, 0) is 42.3 Å². The summed E-state index contributed by atoms with van der Waals surface area (Å²) in [6, 6.07) is 10.2. The van der Waals surface area contributed by atoms with Crippen molar-refractivity contribution >= 4 is 27.3 Å². The van der Waals surface area contributed by atoms with Crippen LogP contribution in [0.15, 0.2) is 59.8 Å². The number of benzene rings is 1. The lowest BCUT2D eigenvalue weighted by Crippen LogP contribution is -2.49. The summed E-state index contributed by atoms with van der Waals surface area (Å²) in [6.45, 7) is 1.60. The van der Waals surface area contributed by atoms with Crippen molar-refractivity contribution in [2.24, 2.45) is 0 Å². The van der Waals surface area contributed by atoms with Gasteiger partial charge in [0.1, 0.15) is 5.69 Å². The van der Waals surface area contributed by atoms with Gasteiger partial charge in [0.15, 0.2) is 0 Å². The van der Waals surface area contributed by atoms with Crippen molar-refractivity contribution in [1.82, 2.24) is 19.1 Å². The highest BCUT2D eigenvalue weighted by atomic mass is 35.5. The Morgan fingerprint density at radius 3 is 2.56 bits per heavy atom. The first-order chi connectivity index (χ1) is 17.4. The quantitative estimate of drug-likeness (QED) is 0.312. The first kappa shape index (κ1) is 25.7. The molecule has 11 heteroatoms. The van der Waals surface area contributed by atoms with Crippen LogP contribution in [0, 0.1) is 12.3 Å². The lowest BCUT2D eigenvalue weighted by atomic mass is 10.3. The van der Waals surface area contributed by atoms with Crippen LogP contribution in [-0.2, 0) is 15.8 Å². The van der Waals surface area contributed by atoms with E-state index in [4.69, 9.17) is 22.8 Å². The van der Waals surface area contributed by atoms with Crippen molar-refractivity contribution in [3.05, 3.63) is 75.9 Å². The molecule has 1 aliphatic rings. The van der Waals surface area contributed by atoms with Gasteiger partial charge in [-0.25, -0.2) is 8.42 Å². The number of halogens is 1. The predicted molar refractivity (Wildman–Crippen MR) is 139 cm³/mol. The minimum absolute atomic E-state index is 0.0870. The average Bonchev–Trinajstić information content (AvgIpc) is 2.88. The number of nitrogens with zero attached hydrogens (tertiary/aromatic N) is 5. The van der Waals surface area contributed by atoms with Crippen LogP contribution < -0.4 is 15.2 Å². The summed E-state index contributed by atoms with van der Waals surface area (Å²) in [5.74, 6) is 2.62. The lowest BCUT2D eigenvalue weighted by Gasteiger charge is -2.35. The van der Waals surface area contributed by atoms with Gasteiger partial charge in [0.25, 0.3) is 0 Å². The molecule has 1 fully saturated rings. The van der Waals surface area contributed by atoms with Crippen molar-refractivity contribution in [2.75, 3.05) is 37.7 Å². The van der Waals surface area contributed by atoms with Crippen LogP contribution in [0.4, 0.5) is 5.69 Å². The van der Waals surface area contributed by atoms with Crippen molar-refractivity contribution in [3.8, 4) is 23.8 Å². The largest absolute Gasteiger partial charge is 0.486 e. The fraction of sp³-hybridized carbons (Fsp3) is 0.320. The molecule has 188 valence electrons. The van der Waals surface area contributed by atoms with Crippen molar-refractivity contribution < 1.29 is 13.2 Å². The second kappa shape index (κ2) is 11.6. The fourth-order valence-corrected chi connectivity index (χ4v) is 5.62. The first-order valence-electron chi connectivity index (χ1n) is 11.5. The normalized spacial score (nSPS) is 14.4. The van der Waals surface area contributed by atoms with E-state index < -0.39 is 15.6 Å². The third-order valence-electron chi connectivity index (χ3n) is 5.75. The minimum atomic E-state index is -3.49. The van der Waals surface area contributed by atoms with Crippen molar-refractivity contribution in [1.29, 1.82) is 0 Å². The summed E-state index contributed by atoms with van der Waals surface area (Å²) < 4.78 is 34.5. The first-order valence-corrected chi connectivity index (χ1v) is 13.4. The molecular weight excluding hydrogens is 502 g/mol. The monoisotopic (exact) mass is 527 g/mol. The van der Waals surface area contributed by atoms with E-state index in [1.165, 1.54) is 8.99 Å². The van der Waals surface area contributed by atoms with Gasteiger partial charge in [-0.2, -0.15) is 14.1 Å².